The third kappa shape index (κ3) is 8.03. The summed E-state index contributed by atoms with van der Waals surface area (Å²) in [5, 5.41) is 15.6. The number of benzene rings is 2. The van der Waals surface area contributed by atoms with E-state index in [4.69, 9.17) is 31.4 Å². The average Bonchev–Trinajstić information content (AvgIpc) is 2.76. The molecule has 1 atom stereocenters. The number of carbonyl (C=O) groups excluding carboxylic acids is 1. The van der Waals surface area contributed by atoms with E-state index in [2.05, 4.69) is 23.1 Å². The lowest BCUT2D eigenvalue weighted by atomic mass is 9.96. The van der Waals surface area contributed by atoms with Crippen molar-refractivity contribution in [2.75, 3.05) is 20.1 Å². The van der Waals surface area contributed by atoms with Gasteiger partial charge in [0.25, 0.3) is 0 Å². The zero-order valence-corrected chi connectivity index (χ0v) is 18.2. The number of likely N-dealkylation sites (tertiary alicyclic amines) is 1. The summed E-state index contributed by atoms with van der Waals surface area (Å²) in [5.41, 5.74) is 2.30. The van der Waals surface area contributed by atoms with Gasteiger partial charge in [0.1, 0.15) is 0 Å². The van der Waals surface area contributed by atoms with Crippen LogP contribution in [0.2, 0.25) is 5.02 Å². The van der Waals surface area contributed by atoms with Gasteiger partial charge in [-0.05, 0) is 36.6 Å². The molecule has 1 aliphatic heterocycles. The van der Waals surface area contributed by atoms with Gasteiger partial charge in [0.15, 0.2) is 0 Å². The van der Waals surface area contributed by atoms with Gasteiger partial charge in [0.05, 0.1) is 5.92 Å². The van der Waals surface area contributed by atoms with E-state index in [0.29, 0.717) is 6.54 Å². The topological polar surface area (TPSA) is 98.2 Å². The van der Waals surface area contributed by atoms with Crippen molar-refractivity contribution in [1.29, 1.82) is 0 Å². The van der Waals surface area contributed by atoms with Crippen LogP contribution in [-0.4, -0.2) is 58.0 Å². The predicted octanol–water partition coefficient (Wildman–Crippen LogP) is 3.37. The Labute approximate surface area is 186 Å². The van der Waals surface area contributed by atoms with Crippen LogP contribution in [0.3, 0.4) is 0 Å². The second-order valence-corrected chi connectivity index (χ2v) is 7.86. The highest BCUT2D eigenvalue weighted by molar-refractivity contribution is 6.31. The first-order valence-electron chi connectivity index (χ1n) is 9.98. The molecule has 1 fully saturated rings. The quantitative estimate of drug-likeness (QED) is 0.683. The molecule has 166 valence electrons. The Bertz CT molecular complexity index is 879. The molecule has 0 saturated carbocycles. The molecule has 3 rings (SSSR count). The van der Waals surface area contributed by atoms with E-state index >= 15 is 0 Å². The average molecular weight is 447 g/mol. The van der Waals surface area contributed by atoms with E-state index in [-0.39, 0.29) is 11.8 Å². The SMILES string of the molecule is CN(Cc1ccccc1)C(=O)C1CCCN(Cc2ccccc2Cl)C1.O=C(O)C(=O)O. The maximum absolute atomic E-state index is 12.8. The van der Waals surface area contributed by atoms with Crippen LogP contribution in [-0.2, 0) is 27.5 Å². The van der Waals surface area contributed by atoms with Crippen molar-refractivity contribution >= 4 is 29.4 Å². The summed E-state index contributed by atoms with van der Waals surface area (Å²) in [4.78, 5) is 35.3. The van der Waals surface area contributed by atoms with Gasteiger partial charge in [0.2, 0.25) is 5.91 Å². The highest BCUT2D eigenvalue weighted by Crippen LogP contribution is 2.23. The van der Waals surface area contributed by atoms with Crippen LogP contribution in [0.4, 0.5) is 0 Å². The molecule has 2 aromatic rings. The molecule has 0 radical (unpaired) electrons. The van der Waals surface area contributed by atoms with Crippen molar-refractivity contribution in [3.8, 4) is 0 Å². The lowest BCUT2D eigenvalue weighted by Crippen LogP contribution is -2.43. The monoisotopic (exact) mass is 446 g/mol. The van der Waals surface area contributed by atoms with Gasteiger partial charge >= 0.3 is 11.9 Å². The Hall–Kier alpha value is -2.90. The van der Waals surface area contributed by atoms with Crippen molar-refractivity contribution in [1.82, 2.24) is 9.80 Å². The Balaban J connectivity index is 0.000000501. The van der Waals surface area contributed by atoms with Crippen LogP contribution >= 0.6 is 11.6 Å². The third-order valence-electron chi connectivity index (χ3n) is 5.03. The van der Waals surface area contributed by atoms with E-state index in [1.807, 2.05) is 48.3 Å². The number of aliphatic carboxylic acids is 2. The van der Waals surface area contributed by atoms with Crippen LogP contribution in [0.5, 0.6) is 0 Å². The van der Waals surface area contributed by atoms with Crippen molar-refractivity contribution in [2.45, 2.75) is 25.9 Å². The third-order valence-corrected chi connectivity index (χ3v) is 5.40. The number of nitrogens with zero attached hydrogens (tertiary/aromatic N) is 2. The molecule has 1 unspecified atom stereocenters. The molecule has 2 aromatic carbocycles. The number of carboxylic acid groups (broad SMARTS) is 2. The summed E-state index contributed by atoms with van der Waals surface area (Å²) in [7, 11) is 1.91. The summed E-state index contributed by atoms with van der Waals surface area (Å²) >= 11 is 6.28. The Morgan fingerprint density at radius 2 is 1.65 bits per heavy atom. The van der Waals surface area contributed by atoms with Crippen LogP contribution in [0.25, 0.3) is 0 Å². The summed E-state index contributed by atoms with van der Waals surface area (Å²) in [5.74, 6) is -3.33. The number of amides is 1. The first-order valence-corrected chi connectivity index (χ1v) is 10.4. The van der Waals surface area contributed by atoms with Gasteiger partial charge in [-0.3, -0.25) is 9.69 Å². The zero-order valence-electron chi connectivity index (χ0n) is 17.4. The van der Waals surface area contributed by atoms with Crippen molar-refractivity contribution in [3.63, 3.8) is 0 Å². The standard InChI is InChI=1S/C21H25ClN2O.C2H2O4/c1-23(14-17-8-3-2-4-9-17)21(25)19-11-7-13-24(16-19)15-18-10-5-6-12-20(18)22;3-1(4)2(5)6/h2-6,8-10,12,19H,7,11,13-16H2,1H3;(H,3,4)(H,5,6). The minimum atomic E-state index is -1.82. The highest BCUT2D eigenvalue weighted by atomic mass is 35.5. The molecule has 2 N–H and O–H groups in total. The van der Waals surface area contributed by atoms with E-state index in [9.17, 15) is 4.79 Å². The van der Waals surface area contributed by atoms with Crippen LogP contribution < -0.4 is 0 Å². The molecule has 7 nitrogen and oxygen atoms in total. The fourth-order valence-electron chi connectivity index (χ4n) is 3.52. The molecule has 0 bridgehead atoms. The predicted molar refractivity (Wildman–Crippen MR) is 118 cm³/mol. The highest BCUT2D eigenvalue weighted by Gasteiger charge is 2.28. The summed E-state index contributed by atoms with van der Waals surface area (Å²) in [6.45, 7) is 3.31. The first-order chi connectivity index (χ1) is 14.8. The zero-order chi connectivity index (χ0) is 22.8. The number of hydrogen-bond donors (Lipinski definition) is 2. The largest absolute Gasteiger partial charge is 0.473 e. The van der Waals surface area contributed by atoms with Gasteiger partial charge in [-0.1, -0.05) is 60.1 Å². The smallest absolute Gasteiger partial charge is 0.414 e. The summed E-state index contributed by atoms with van der Waals surface area (Å²) in [6.07, 6.45) is 2.02. The second kappa shape index (κ2) is 12.1. The van der Waals surface area contributed by atoms with E-state index in [1.54, 1.807) is 0 Å². The number of hydrogen-bond acceptors (Lipinski definition) is 4. The van der Waals surface area contributed by atoms with Crippen LogP contribution in [0, 0.1) is 5.92 Å². The van der Waals surface area contributed by atoms with E-state index < -0.39 is 11.9 Å². The molecule has 1 saturated heterocycles. The number of piperidine rings is 1. The van der Waals surface area contributed by atoms with Gasteiger partial charge in [-0.25, -0.2) is 9.59 Å². The molecule has 8 heteroatoms. The summed E-state index contributed by atoms with van der Waals surface area (Å²) < 4.78 is 0. The number of carboxylic acids is 2. The maximum atomic E-state index is 12.8. The number of halogens is 1. The lowest BCUT2D eigenvalue weighted by molar-refractivity contribution is -0.159. The van der Waals surface area contributed by atoms with Crippen molar-refractivity contribution in [3.05, 3.63) is 70.7 Å². The maximum Gasteiger partial charge on any atom is 0.414 e. The van der Waals surface area contributed by atoms with Gasteiger partial charge in [0, 0.05) is 31.7 Å². The molecule has 0 aliphatic carbocycles. The van der Waals surface area contributed by atoms with Crippen molar-refractivity contribution in [2.24, 2.45) is 5.92 Å². The van der Waals surface area contributed by atoms with Crippen LogP contribution in [0.15, 0.2) is 54.6 Å². The first kappa shape index (κ1) is 24.4. The van der Waals surface area contributed by atoms with E-state index in [0.717, 1.165) is 43.1 Å². The molecule has 31 heavy (non-hydrogen) atoms. The molecular weight excluding hydrogens is 420 g/mol. The fourth-order valence-corrected chi connectivity index (χ4v) is 3.71. The van der Waals surface area contributed by atoms with Crippen molar-refractivity contribution < 1.29 is 24.6 Å². The van der Waals surface area contributed by atoms with Gasteiger partial charge in [-0.15, -0.1) is 0 Å². The molecule has 1 amide bonds. The normalized spacial score (nSPS) is 16.0. The Morgan fingerprint density at radius 3 is 2.26 bits per heavy atom. The number of carbonyl (C=O) groups is 3. The number of rotatable bonds is 5. The molecule has 1 aliphatic rings. The Kier molecular flexibility index (Phi) is 9.49. The Morgan fingerprint density at radius 1 is 1.03 bits per heavy atom. The summed E-state index contributed by atoms with van der Waals surface area (Å²) in [6, 6.07) is 18.1. The minimum Gasteiger partial charge on any atom is -0.473 e. The van der Waals surface area contributed by atoms with Gasteiger partial charge in [-0.2, -0.15) is 0 Å². The molecule has 0 aromatic heterocycles. The fraction of sp³-hybridized carbons (Fsp3) is 0.348. The minimum absolute atomic E-state index is 0.0740. The molecule has 0 spiro atoms. The lowest BCUT2D eigenvalue weighted by Gasteiger charge is -2.34. The second-order valence-electron chi connectivity index (χ2n) is 7.46. The molecular formula is C23H27ClN2O5. The van der Waals surface area contributed by atoms with Gasteiger partial charge < -0.3 is 15.1 Å². The van der Waals surface area contributed by atoms with Crippen LogP contribution in [0.1, 0.15) is 24.0 Å². The van der Waals surface area contributed by atoms with E-state index in [1.165, 1.54) is 5.56 Å². The molecule has 1 heterocycles.